The summed E-state index contributed by atoms with van der Waals surface area (Å²) in [7, 11) is 2.29. The van der Waals surface area contributed by atoms with E-state index in [2.05, 4.69) is 38.0 Å². The van der Waals surface area contributed by atoms with Crippen LogP contribution in [-0.4, -0.2) is 36.6 Å². The molecule has 0 aromatic carbocycles. The standard InChI is InChI=1S/C15H30N2/c1-12(17(4)14-5-6-14)11-16-13-7-9-15(2,3)10-8-13/h12-14,16H,5-11H2,1-4H3. The van der Waals surface area contributed by atoms with Crippen molar-refractivity contribution in [2.45, 2.75) is 77.4 Å². The van der Waals surface area contributed by atoms with Crippen molar-refractivity contribution in [3.05, 3.63) is 0 Å². The van der Waals surface area contributed by atoms with Gasteiger partial charge < -0.3 is 5.32 Å². The van der Waals surface area contributed by atoms with Crippen molar-refractivity contribution in [1.29, 1.82) is 0 Å². The molecule has 1 atom stereocenters. The Morgan fingerprint density at radius 1 is 1.18 bits per heavy atom. The molecular weight excluding hydrogens is 208 g/mol. The Morgan fingerprint density at radius 2 is 1.76 bits per heavy atom. The number of rotatable bonds is 5. The highest BCUT2D eigenvalue weighted by Gasteiger charge is 2.30. The second-order valence-corrected chi connectivity index (χ2v) is 7.09. The smallest absolute Gasteiger partial charge is 0.0192 e. The highest BCUT2D eigenvalue weighted by atomic mass is 15.2. The first kappa shape index (κ1) is 13.4. The predicted octanol–water partition coefficient (Wildman–Crippen LogP) is 3.03. The molecule has 100 valence electrons. The van der Waals surface area contributed by atoms with Gasteiger partial charge in [0.25, 0.3) is 0 Å². The Bertz CT molecular complexity index is 235. The lowest BCUT2D eigenvalue weighted by Crippen LogP contribution is -2.44. The quantitative estimate of drug-likeness (QED) is 0.792. The molecule has 0 aromatic heterocycles. The zero-order valence-electron chi connectivity index (χ0n) is 12.1. The van der Waals surface area contributed by atoms with E-state index in [1.54, 1.807) is 0 Å². The lowest BCUT2D eigenvalue weighted by molar-refractivity contribution is 0.188. The SMILES string of the molecule is CC(CNC1CCC(C)(C)CC1)N(C)C1CC1. The molecule has 17 heavy (non-hydrogen) atoms. The Balaban J connectivity index is 1.65. The van der Waals surface area contributed by atoms with Gasteiger partial charge in [-0.2, -0.15) is 0 Å². The minimum Gasteiger partial charge on any atom is -0.312 e. The van der Waals surface area contributed by atoms with Crippen LogP contribution in [0.5, 0.6) is 0 Å². The monoisotopic (exact) mass is 238 g/mol. The molecule has 2 aliphatic carbocycles. The van der Waals surface area contributed by atoms with E-state index < -0.39 is 0 Å². The summed E-state index contributed by atoms with van der Waals surface area (Å²) in [6.45, 7) is 8.34. The van der Waals surface area contributed by atoms with Crippen molar-refractivity contribution in [2.75, 3.05) is 13.6 Å². The minimum absolute atomic E-state index is 0.592. The van der Waals surface area contributed by atoms with Crippen molar-refractivity contribution in [3.63, 3.8) is 0 Å². The molecule has 2 saturated carbocycles. The molecule has 0 saturated heterocycles. The molecule has 0 amide bonds. The summed E-state index contributed by atoms with van der Waals surface area (Å²) in [6, 6.07) is 2.35. The topological polar surface area (TPSA) is 15.3 Å². The first-order valence-corrected chi connectivity index (χ1v) is 7.43. The van der Waals surface area contributed by atoms with E-state index in [0.717, 1.165) is 18.6 Å². The summed E-state index contributed by atoms with van der Waals surface area (Å²) in [5.41, 5.74) is 0.592. The zero-order chi connectivity index (χ0) is 12.5. The van der Waals surface area contributed by atoms with Gasteiger partial charge in [0, 0.05) is 24.7 Å². The largest absolute Gasteiger partial charge is 0.312 e. The third-order valence-electron chi connectivity index (χ3n) is 4.86. The molecule has 0 heterocycles. The van der Waals surface area contributed by atoms with Crippen LogP contribution in [-0.2, 0) is 0 Å². The highest BCUT2D eigenvalue weighted by molar-refractivity contribution is 4.87. The third kappa shape index (κ3) is 3.96. The van der Waals surface area contributed by atoms with Crippen molar-refractivity contribution >= 4 is 0 Å². The maximum atomic E-state index is 3.78. The number of nitrogens with zero attached hydrogens (tertiary/aromatic N) is 1. The summed E-state index contributed by atoms with van der Waals surface area (Å²) in [5.74, 6) is 0. The highest BCUT2D eigenvalue weighted by Crippen LogP contribution is 2.35. The predicted molar refractivity (Wildman–Crippen MR) is 74.3 cm³/mol. The van der Waals surface area contributed by atoms with Gasteiger partial charge in [0.2, 0.25) is 0 Å². The van der Waals surface area contributed by atoms with Crippen LogP contribution in [0.4, 0.5) is 0 Å². The Kier molecular flexibility index (Phi) is 4.14. The molecule has 1 N–H and O–H groups in total. The fourth-order valence-electron chi connectivity index (χ4n) is 2.93. The van der Waals surface area contributed by atoms with Crippen LogP contribution >= 0.6 is 0 Å². The second-order valence-electron chi connectivity index (χ2n) is 7.09. The number of hydrogen-bond acceptors (Lipinski definition) is 2. The van der Waals surface area contributed by atoms with E-state index in [4.69, 9.17) is 0 Å². The summed E-state index contributed by atoms with van der Waals surface area (Å²) in [5, 5.41) is 3.78. The molecule has 2 rings (SSSR count). The molecule has 2 nitrogen and oxygen atoms in total. The maximum absolute atomic E-state index is 3.78. The van der Waals surface area contributed by atoms with Gasteiger partial charge in [-0.25, -0.2) is 0 Å². The average molecular weight is 238 g/mol. The third-order valence-corrected chi connectivity index (χ3v) is 4.86. The van der Waals surface area contributed by atoms with E-state index in [9.17, 15) is 0 Å². The second kappa shape index (κ2) is 5.27. The zero-order valence-corrected chi connectivity index (χ0v) is 12.1. The molecule has 2 fully saturated rings. The van der Waals surface area contributed by atoms with E-state index in [1.165, 1.54) is 38.5 Å². The first-order valence-electron chi connectivity index (χ1n) is 7.43. The number of hydrogen-bond donors (Lipinski definition) is 1. The summed E-state index contributed by atoms with van der Waals surface area (Å²) in [4.78, 5) is 2.56. The molecule has 0 aromatic rings. The Morgan fingerprint density at radius 3 is 2.29 bits per heavy atom. The van der Waals surface area contributed by atoms with Gasteiger partial charge >= 0.3 is 0 Å². The van der Waals surface area contributed by atoms with Gasteiger partial charge in [0.1, 0.15) is 0 Å². The van der Waals surface area contributed by atoms with Crippen LogP contribution in [0.25, 0.3) is 0 Å². The van der Waals surface area contributed by atoms with E-state index in [1.807, 2.05) is 0 Å². The number of likely N-dealkylation sites (N-methyl/N-ethyl adjacent to an activating group) is 1. The fraction of sp³-hybridized carbons (Fsp3) is 1.00. The molecule has 0 bridgehead atoms. The number of nitrogens with one attached hydrogen (secondary N) is 1. The normalized spacial score (nSPS) is 27.4. The maximum Gasteiger partial charge on any atom is 0.0192 e. The van der Waals surface area contributed by atoms with Crippen molar-refractivity contribution in [1.82, 2.24) is 10.2 Å². The first-order chi connectivity index (χ1) is 7.98. The Hall–Kier alpha value is -0.0800. The van der Waals surface area contributed by atoms with Crippen molar-refractivity contribution in [2.24, 2.45) is 5.41 Å². The van der Waals surface area contributed by atoms with Gasteiger partial charge in [-0.1, -0.05) is 13.8 Å². The summed E-state index contributed by atoms with van der Waals surface area (Å²) < 4.78 is 0. The molecule has 2 aliphatic rings. The van der Waals surface area contributed by atoms with Crippen LogP contribution in [0.3, 0.4) is 0 Å². The molecular formula is C15H30N2. The van der Waals surface area contributed by atoms with E-state index in [0.29, 0.717) is 11.5 Å². The molecule has 0 spiro atoms. The Labute approximate surface area is 107 Å². The molecule has 1 unspecified atom stereocenters. The molecule has 0 radical (unpaired) electrons. The van der Waals surface area contributed by atoms with Crippen molar-refractivity contribution in [3.8, 4) is 0 Å². The molecule has 0 aliphatic heterocycles. The van der Waals surface area contributed by atoms with E-state index in [-0.39, 0.29) is 0 Å². The van der Waals surface area contributed by atoms with Crippen LogP contribution in [0.2, 0.25) is 0 Å². The lowest BCUT2D eigenvalue weighted by Gasteiger charge is -2.36. The van der Waals surface area contributed by atoms with Gasteiger partial charge in [0.15, 0.2) is 0 Å². The molecule has 2 heteroatoms. The van der Waals surface area contributed by atoms with Gasteiger partial charge in [-0.3, -0.25) is 4.90 Å². The van der Waals surface area contributed by atoms with Gasteiger partial charge in [0.05, 0.1) is 0 Å². The minimum atomic E-state index is 0.592. The van der Waals surface area contributed by atoms with Crippen LogP contribution in [0, 0.1) is 5.41 Å². The fourth-order valence-corrected chi connectivity index (χ4v) is 2.93. The van der Waals surface area contributed by atoms with Gasteiger partial charge in [-0.15, -0.1) is 0 Å². The summed E-state index contributed by atoms with van der Waals surface area (Å²) >= 11 is 0. The van der Waals surface area contributed by atoms with Gasteiger partial charge in [-0.05, 0) is 57.9 Å². The van der Waals surface area contributed by atoms with E-state index >= 15 is 0 Å². The lowest BCUT2D eigenvalue weighted by atomic mass is 9.75. The van der Waals surface area contributed by atoms with Crippen molar-refractivity contribution < 1.29 is 0 Å². The van der Waals surface area contributed by atoms with Crippen LogP contribution in [0.1, 0.15) is 59.3 Å². The van der Waals surface area contributed by atoms with Crippen LogP contribution < -0.4 is 5.32 Å². The average Bonchev–Trinajstić information content (AvgIpc) is 3.10. The summed E-state index contributed by atoms with van der Waals surface area (Å²) in [6.07, 6.45) is 8.34. The van der Waals surface area contributed by atoms with Crippen LogP contribution in [0.15, 0.2) is 0 Å².